The molecule has 5 nitrogen and oxygen atoms in total. The standard InChI is InChI=1S/C21H28Cl2N4O/c22-19-6-5-18(15-20(19)23)27-13-11-26(12-14-27)10-8-16-1-3-17(4-2-16)25-21(28)7-9-24/h5-6,15-17H,1-4,7-8,10-14H2,(H,25,28). The van der Waals surface area contributed by atoms with Gasteiger partial charge in [-0.05, 0) is 62.8 Å². The number of rotatable bonds is 6. The van der Waals surface area contributed by atoms with Gasteiger partial charge in [0, 0.05) is 37.9 Å². The number of carbonyl (C=O) groups excluding carboxylic acids is 1. The topological polar surface area (TPSA) is 59.4 Å². The number of amides is 1. The molecule has 1 heterocycles. The van der Waals surface area contributed by atoms with E-state index in [1.54, 1.807) is 0 Å². The zero-order valence-corrected chi connectivity index (χ0v) is 17.7. The lowest BCUT2D eigenvalue weighted by atomic mass is 9.84. The van der Waals surface area contributed by atoms with Gasteiger partial charge in [-0.1, -0.05) is 23.2 Å². The fourth-order valence-electron chi connectivity index (χ4n) is 4.22. The maximum atomic E-state index is 11.5. The molecule has 1 N–H and O–H groups in total. The van der Waals surface area contributed by atoms with Gasteiger partial charge < -0.3 is 10.2 Å². The number of halogens is 2. The van der Waals surface area contributed by atoms with E-state index in [0.717, 1.165) is 57.2 Å². The highest BCUT2D eigenvalue weighted by atomic mass is 35.5. The molecule has 2 aliphatic rings. The first-order chi connectivity index (χ1) is 13.5. The van der Waals surface area contributed by atoms with Crippen LogP contribution in [0.3, 0.4) is 0 Å². The smallest absolute Gasteiger partial charge is 0.234 e. The van der Waals surface area contributed by atoms with Crippen LogP contribution in [-0.2, 0) is 4.79 Å². The summed E-state index contributed by atoms with van der Waals surface area (Å²) >= 11 is 12.2. The summed E-state index contributed by atoms with van der Waals surface area (Å²) in [4.78, 5) is 16.5. The summed E-state index contributed by atoms with van der Waals surface area (Å²) < 4.78 is 0. The number of carbonyl (C=O) groups is 1. The SMILES string of the molecule is N#CCC(=O)NC1CCC(CCN2CCN(c3ccc(Cl)c(Cl)c3)CC2)CC1. The van der Waals surface area contributed by atoms with E-state index in [9.17, 15) is 4.79 Å². The summed E-state index contributed by atoms with van der Waals surface area (Å²) in [5.41, 5.74) is 1.14. The van der Waals surface area contributed by atoms with Gasteiger partial charge in [0.25, 0.3) is 0 Å². The van der Waals surface area contributed by atoms with Gasteiger partial charge in [-0.15, -0.1) is 0 Å². The molecule has 3 rings (SSSR count). The quantitative estimate of drug-likeness (QED) is 0.749. The number of nitriles is 1. The highest BCUT2D eigenvalue weighted by molar-refractivity contribution is 6.42. The van der Waals surface area contributed by atoms with E-state index in [-0.39, 0.29) is 18.4 Å². The number of anilines is 1. The molecule has 0 spiro atoms. The summed E-state index contributed by atoms with van der Waals surface area (Å²) in [6.07, 6.45) is 5.60. The molecule has 28 heavy (non-hydrogen) atoms. The lowest BCUT2D eigenvalue weighted by molar-refractivity contribution is -0.121. The summed E-state index contributed by atoms with van der Waals surface area (Å²) in [7, 11) is 0. The van der Waals surface area contributed by atoms with E-state index in [1.165, 1.54) is 19.3 Å². The van der Waals surface area contributed by atoms with Crippen LogP contribution in [0.1, 0.15) is 38.5 Å². The van der Waals surface area contributed by atoms with Crippen molar-refractivity contribution in [3.8, 4) is 6.07 Å². The molecule has 0 unspecified atom stereocenters. The molecule has 0 bridgehead atoms. The van der Waals surface area contributed by atoms with Crippen LogP contribution in [0.4, 0.5) is 5.69 Å². The van der Waals surface area contributed by atoms with Crippen molar-refractivity contribution in [1.29, 1.82) is 5.26 Å². The highest BCUT2D eigenvalue weighted by Crippen LogP contribution is 2.29. The van der Waals surface area contributed by atoms with Crippen molar-refractivity contribution >= 4 is 34.8 Å². The zero-order chi connectivity index (χ0) is 19.9. The minimum atomic E-state index is -0.134. The number of hydrogen-bond donors (Lipinski definition) is 1. The van der Waals surface area contributed by atoms with Crippen LogP contribution in [0.5, 0.6) is 0 Å². The molecule has 2 fully saturated rings. The van der Waals surface area contributed by atoms with E-state index in [1.807, 2.05) is 24.3 Å². The Morgan fingerprint density at radius 1 is 1.11 bits per heavy atom. The van der Waals surface area contributed by atoms with Gasteiger partial charge in [-0.2, -0.15) is 5.26 Å². The fourth-order valence-corrected chi connectivity index (χ4v) is 4.51. The van der Waals surface area contributed by atoms with Gasteiger partial charge in [-0.25, -0.2) is 0 Å². The predicted octanol–water partition coefficient (Wildman–Crippen LogP) is 4.09. The lowest BCUT2D eigenvalue weighted by Crippen LogP contribution is -2.47. The first-order valence-corrected chi connectivity index (χ1v) is 10.9. The van der Waals surface area contributed by atoms with Gasteiger partial charge in [0.05, 0.1) is 16.1 Å². The third-order valence-corrected chi connectivity index (χ3v) is 6.68. The van der Waals surface area contributed by atoms with Crippen molar-refractivity contribution in [3.05, 3.63) is 28.2 Å². The number of hydrogen-bond acceptors (Lipinski definition) is 4. The molecule has 1 saturated carbocycles. The van der Waals surface area contributed by atoms with E-state index in [0.29, 0.717) is 10.0 Å². The van der Waals surface area contributed by atoms with Crippen LogP contribution >= 0.6 is 23.2 Å². The van der Waals surface area contributed by atoms with Crippen molar-refractivity contribution in [3.63, 3.8) is 0 Å². The van der Waals surface area contributed by atoms with Crippen molar-refractivity contribution in [2.75, 3.05) is 37.6 Å². The molecule has 1 aromatic rings. The molecule has 0 aromatic heterocycles. The second-order valence-corrected chi connectivity index (χ2v) is 8.65. The molecule has 7 heteroatoms. The minimum Gasteiger partial charge on any atom is -0.369 e. The van der Waals surface area contributed by atoms with Crippen LogP contribution in [-0.4, -0.2) is 49.6 Å². The number of nitrogens with zero attached hydrogens (tertiary/aromatic N) is 3. The molecular formula is C21H28Cl2N4O. The lowest BCUT2D eigenvalue weighted by Gasteiger charge is -2.37. The summed E-state index contributed by atoms with van der Waals surface area (Å²) in [5, 5.41) is 12.8. The predicted molar refractivity (Wildman–Crippen MR) is 114 cm³/mol. The first kappa shape index (κ1) is 21.2. The summed E-state index contributed by atoms with van der Waals surface area (Å²) in [6, 6.07) is 8.02. The average Bonchev–Trinajstić information content (AvgIpc) is 2.70. The molecule has 1 aromatic carbocycles. The molecule has 1 saturated heterocycles. The van der Waals surface area contributed by atoms with Crippen molar-refractivity contribution in [2.24, 2.45) is 5.92 Å². The average molecular weight is 423 g/mol. The third kappa shape index (κ3) is 6.01. The van der Waals surface area contributed by atoms with Crippen molar-refractivity contribution in [2.45, 2.75) is 44.6 Å². The highest BCUT2D eigenvalue weighted by Gasteiger charge is 2.24. The van der Waals surface area contributed by atoms with Crippen LogP contribution in [0.25, 0.3) is 0 Å². The second-order valence-electron chi connectivity index (χ2n) is 7.84. The van der Waals surface area contributed by atoms with Gasteiger partial charge in [0.15, 0.2) is 0 Å². The largest absolute Gasteiger partial charge is 0.369 e. The van der Waals surface area contributed by atoms with Crippen molar-refractivity contribution < 1.29 is 4.79 Å². The molecule has 152 valence electrons. The van der Waals surface area contributed by atoms with E-state index >= 15 is 0 Å². The molecule has 1 aliphatic carbocycles. The molecule has 1 aliphatic heterocycles. The Labute approximate surface area is 177 Å². The first-order valence-electron chi connectivity index (χ1n) is 10.1. The van der Waals surface area contributed by atoms with Gasteiger partial charge >= 0.3 is 0 Å². The summed E-state index contributed by atoms with van der Waals surface area (Å²) in [5.74, 6) is 0.614. The number of benzene rings is 1. The molecule has 0 radical (unpaired) electrons. The Hall–Kier alpha value is -1.48. The van der Waals surface area contributed by atoms with Crippen LogP contribution in [0.2, 0.25) is 10.0 Å². The monoisotopic (exact) mass is 422 g/mol. The van der Waals surface area contributed by atoms with Crippen LogP contribution in [0.15, 0.2) is 18.2 Å². The normalized spacial score (nSPS) is 23.2. The minimum absolute atomic E-state index is 0.0336. The van der Waals surface area contributed by atoms with Gasteiger partial charge in [0.1, 0.15) is 6.42 Å². The van der Waals surface area contributed by atoms with Crippen LogP contribution in [0, 0.1) is 17.2 Å². The Bertz CT molecular complexity index is 705. The van der Waals surface area contributed by atoms with E-state index in [2.05, 4.69) is 15.1 Å². The van der Waals surface area contributed by atoms with Crippen molar-refractivity contribution in [1.82, 2.24) is 10.2 Å². The zero-order valence-electron chi connectivity index (χ0n) is 16.2. The maximum Gasteiger partial charge on any atom is 0.234 e. The Morgan fingerprint density at radius 2 is 1.82 bits per heavy atom. The van der Waals surface area contributed by atoms with Gasteiger partial charge in [0.2, 0.25) is 5.91 Å². The maximum absolute atomic E-state index is 11.5. The Balaban J connectivity index is 1.34. The summed E-state index contributed by atoms with van der Waals surface area (Å²) in [6.45, 7) is 5.30. The van der Waals surface area contributed by atoms with E-state index in [4.69, 9.17) is 28.5 Å². The molecule has 1 amide bonds. The molecular weight excluding hydrogens is 395 g/mol. The Kier molecular flexibility index (Phi) is 7.84. The van der Waals surface area contributed by atoms with Gasteiger partial charge in [-0.3, -0.25) is 9.69 Å². The fraction of sp³-hybridized carbons (Fsp3) is 0.619. The Morgan fingerprint density at radius 3 is 2.46 bits per heavy atom. The van der Waals surface area contributed by atoms with E-state index < -0.39 is 0 Å². The second kappa shape index (κ2) is 10.3. The molecule has 0 atom stereocenters. The van der Waals surface area contributed by atoms with Crippen LogP contribution < -0.4 is 10.2 Å². The number of piperazine rings is 1. The third-order valence-electron chi connectivity index (χ3n) is 5.95. The number of nitrogens with one attached hydrogen (secondary N) is 1.